The summed E-state index contributed by atoms with van der Waals surface area (Å²) in [6.07, 6.45) is 0. The predicted octanol–water partition coefficient (Wildman–Crippen LogP) is 11.0. The van der Waals surface area contributed by atoms with E-state index in [9.17, 15) is 28.8 Å². The minimum absolute atomic E-state index is 0.0788. The van der Waals surface area contributed by atoms with Gasteiger partial charge in [0, 0.05) is 34.5 Å². The maximum atomic E-state index is 13.4. The maximum Gasteiger partial charge on any atom is 0.258 e. The Morgan fingerprint density at radius 3 is 1.24 bits per heavy atom. The van der Waals surface area contributed by atoms with Crippen molar-refractivity contribution in [2.45, 2.75) is 51.5 Å². The van der Waals surface area contributed by atoms with Gasteiger partial charge in [-0.25, -0.2) is 0 Å². The Morgan fingerprint density at radius 2 is 0.887 bits per heavy atom. The molecule has 4 amide bonds. The number of aryl methyl sites for hydroxylation is 2. The van der Waals surface area contributed by atoms with Crippen molar-refractivity contribution >= 4 is 116 Å². The average Bonchev–Trinajstić information content (AvgIpc) is 3.23. The summed E-state index contributed by atoms with van der Waals surface area (Å²) in [5.41, 5.74) is 4.50. The van der Waals surface area contributed by atoms with Crippen LogP contribution in [0.2, 0.25) is 10.0 Å². The van der Waals surface area contributed by atoms with Gasteiger partial charge in [-0.05, 0) is 111 Å². The Morgan fingerprint density at radius 1 is 0.516 bits per heavy atom. The fourth-order valence-corrected chi connectivity index (χ4v) is 6.64. The summed E-state index contributed by atoms with van der Waals surface area (Å²) in [5, 5.41) is 27.3. The third kappa shape index (κ3) is 11.9. The van der Waals surface area contributed by atoms with Gasteiger partial charge >= 0.3 is 0 Å². The third-order valence-electron chi connectivity index (χ3n) is 9.14. The van der Waals surface area contributed by atoms with Crippen molar-refractivity contribution in [2.24, 2.45) is 20.5 Å². The number of rotatable bonds is 16. The highest BCUT2D eigenvalue weighted by atomic mass is 35.5. The van der Waals surface area contributed by atoms with Crippen LogP contribution in [0.15, 0.2) is 118 Å². The molecule has 5 aromatic carbocycles. The van der Waals surface area contributed by atoms with Crippen LogP contribution in [0, 0.1) is 13.8 Å². The van der Waals surface area contributed by atoms with Crippen LogP contribution in [0.25, 0.3) is 0 Å². The van der Waals surface area contributed by atoms with Crippen molar-refractivity contribution in [1.82, 2.24) is 0 Å². The zero-order chi connectivity index (χ0) is 45.1. The van der Waals surface area contributed by atoms with Crippen LogP contribution < -0.4 is 21.3 Å². The molecule has 0 aromatic heterocycles. The van der Waals surface area contributed by atoms with E-state index < -0.39 is 47.3 Å². The summed E-state index contributed by atoms with van der Waals surface area (Å²) in [5.74, 6) is -3.50. The minimum atomic E-state index is -1.56. The number of nitrogens with one attached hydrogen (secondary N) is 4. The molecule has 0 aliphatic heterocycles. The topological polar surface area (TPSA) is 200 Å². The van der Waals surface area contributed by atoms with Crippen LogP contribution in [0.5, 0.6) is 0 Å². The molecule has 0 fully saturated rings. The lowest BCUT2D eigenvalue weighted by atomic mass is 10.1. The van der Waals surface area contributed by atoms with Gasteiger partial charge < -0.3 is 21.3 Å². The zero-order valence-electron chi connectivity index (χ0n) is 33.6. The molecule has 0 heterocycles. The van der Waals surface area contributed by atoms with E-state index in [1.165, 1.54) is 50.2 Å². The summed E-state index contributed by atoms with van der Waals surface area (Å²) in [6.45, 7) is 5.69. The van der Waals surface area contributed by atoms with Gasteiger partial charge in [0.05, 0.1) is 32.5 Å². The van der Waals surface area contributed by atoms with Crippen LogP contribution >= 0.6 is 46.4 Å². The van der Waals surface area contributed by atoms with Crippen molar-refractivity contribution < 1.29 is 28.8 Å². The van der Waals surface area contributed by atoms with E-state index in [-0.39, 0.29) is 44.3 Å². The van der Waals surface area contributed by atoms with Gasteiger partial charge in [0.25, 0.3) is 23.6 Å². The molecule has 0 aliphatic carbocycles. The molecule has 5 rings (SSSR count). The Labute approximate surface area is 376 Å². The number of nitrogens with zero attached hydrogens (tertiary/aromatic N) is 4. The molecular formula is C44H38Cl4N8O6. The van der Waals surface area contributed by atoms with E-state index in [1.807, 2.05) is 0 Å². The quantitative estimate of drug-likeness (QED) is 0.0431. The molecule has 0 aliphatic rings. The van der Waals surface area contributed by atoms with E-state index in [0.717, 1.165) is 0 Å². The number of alkyl halides is 2. The number of hydrogen-bond donors (Lipinski definition) is 4. The van der Waals surface area contributed by atoms with Gasteiger partial charge in [0.2, 0.25) is 12.1 Å². The lowest BCUT2D eigenvalue weighted by molar-refractivity contribution is -0.127. The molecule has 2 atom stereocenters. The van der Waals surface area contributed by atoms with Crippen LogP contribution in [0.4, 0.5) is 34.1 Å². The summed E-state index contributed by atoms with van der Waals surface area (Å²) in [7, 11) is 0. The highest BCUT2D eigenvalue weighted by molar-refractivity contribution is 6.35. The molecule has 318 valence electrons. The molecular weight excluding hydrogens is 878 g/mol. The number of benzene rings is 5. The molecule has 4 N–H and O–H groups in total. The normalized spacial score (nSPS) is 12.1. The smallest absolute Gasteiger partial charge is 0.258 e. The highest BCUT2D eigenvalue weighted by Gasteiger charge is 2.26. The van der Waals surface area contributed by atoms with Crippen LogP contribution in [0.1, 0.15) is 56.8 Å². The second kappa shape index (κ2) is 21.5. The number of halogens is 4. The van der Waals surface area contributed by atoms with Crippen molar-refractivity contribution in [2.75, 3.05) is 21.3 Å². The standard InChI is InChI=1S/C44H38Cl4N8O6/c1-23-17-38(52-44(62)40(26(4)58)56-54-30-14-16-34(48)32(20-30)42(60)50-36-12-8-6-10-28(36)22-46)24(2)18-37(23)51-43(61)39(25(3)57)55-53-29-13-15-33(47)31(19-29)41(59)49-35-11-7-5-9-27(35)21-45/h5-20,39-40H,21-22H2,1-4H3,(H,49,59)(H,50,60)(H,51,61)(H,52,62). The van der Waals surface area contributed by atoms with Crippen molar-refractivity contribution in [1.29, 1.82) is 0 Å². The first-order chi connectivity index (χ1) is 29.6. The SMILES string of the molecule is CC(=O)C(N=Nc1ccc(Cl)c(C(=O)Nc2ccccc2CCl)c1)C(=O)Nc1cc(C)c(NC(=O)C(N=Nc2ccc(Cl)c(C(=O)Nc3ccccc3CCl)c2)C(C)=O)cc1C. The van der Waals surface area contributed by atoms with E-state index in [4.69, 9.17) is 46.4 Å². The number of amides is 4. The van der Waals surface area contributed by atoms with Gasteiger partial charge in [-0.1, -0.05) is 59.6 Å². The van der Waals surface area contributed by atoms with Crippen molar-refractivity contribution in [3.63, 3.8) is 0 Å². The largest absolute Gasteiger partial charge is 0.324 e. The van der Waals surface area contributed by atoms with Crippen LogP contribution in [-0.2, 0) is 30.9 Å². The van der Waals surface area contributed by atoms with Gasteiger partial charge in [-0.15, -0.1) is 23.2 Å². The molecule has 0 bridgehead atoms. The molecule has 0 radical (unpaired) electrons. The molecule has 14 nitrogen and oxygen atoms in total. The van der Waals surface area contributed by atoms with E-state index in [1.54, 1.807) is 74.5 Å². The molecule has 0 saturated heterocycles. The summed E-state index contributed by atoms with van der Waals surface area (Å²) in [6, 6.07) is 22.6. The van der Waals surface area contributed by atoms with E-state index in [0.29, 0.717) is 45.0 Å². The van der Waals surface area contributed by atoms with Gasteiger partial charge in [0.15, 0.2) is 11.6 Å². The molecule has 5 aromatic rings. The molecule has 0 spiro atoms. The second-order valence-electron chi connectivity index (χ2n) is 13.7. The number of ketones is 2. The highest BCUT2D eigenvalue weighted by Crippen LogP contribution is 2.29. The summed E-state index contributed by atoms with van der Waals surface area (Å²) >= 11 is 24.6. The van der Waals surface area contributed by atoms with E-state index >= 15 is 0 Å². The molecule has 62 heavy (non-hydrogen) atoms. The first-order valence-electron chi connectivity index (χ1n) is 18.6. The zero-order valence-corrected chi connectivity index (χ0v) is 36.6. The lowest BCUT2D eigenvalue weighted by Gasteiger charge is -2.16. The summed E-state index contributed by atoms with van der Waals surface area (Å²) < 4.78 is 0. The first-order valence-corrected chi connectivity index (χ1v) is 20.5. The number of para-hydroxylation sites is 2. The lowest BCUT2D eigenvalue weighted by Crippen LogP contribution is -2.32. The molecule has 0 saturated carbocycles. The van der Waals surface area contributed by atoms with Gasteiger partial charge in [-0.2, -0.15) is 20.5 Å². The number of Topliss-reactive ketones (excluding diaryl/α,β-unsaturated/α-hetero) is 2. The first kappa shape index (κ1) is 46.7. The second-order valence-corrected chi connectivity index (χ2v) is 15.1. The van der Waals surface area contributed by atoms with Gasteiger partial charge in [-0.3, -0.25) is 28.8 Å². The predicted molar refractivity (Wildman–Crippen MR) is 242 cm³/mol. The minimum Gasteiger partial charge on any atom is -0.324 e. The Kier molecular flexibility index (Phi) is 16.2. The van der Waals surface area contributed by atoms with Crippen LogP contribution in [-0.4, -0.2) is 47.3 Å². The number of carbonyl (C=O) groups is 6. The number of azo groups is 2. The Bertz CT molecular complexity index is 2460. The fourth-order valence-electron chi connectivity index (χ4n) is 5.77. The van der Waals surface area contributed by atoms with Crippen molar-refractivity contribution in [3.8, 4) is 0 Å². The van der Waals surface area contributed by atoms with E-state index in [2.05, 4.69) is 41.7 Å². The van der Waals surface area contributed by atoms with Crippen LogP contribution in [0.3, 0.4) is 0 Å². The molecule has 18 heteroatoms. The third-order valence-corrected chi connectivity index (χ3v) is 10.4. The number of carbonyl (C=O) groups excluding carboxylic acids is 6. The molecule has 2 unspecified atom stereocenters. The fraction of sp³-hybridized carbons (Fsp3) is 0.182. The number of hydrogen-bond acceptors (Lipinski definition) is 10. The Balaban J connectivity index is 1.26. The van der Waals surface area contributed by atoms with Gasteiger partial charge in [0.1, 0.15) is 0 Å². The monoisotopic (exact) mass is 914 g/mol. The maximum absolute atomic E-state index is 13.4. The Hall–Kier alpha value is -6.32. The van der Waals surface area contributed by atoms with Crippen molar-refractivity contribution in [3.05, 3.63) is 140 Å². The summed E-state index contributed by atoms with van der Waals surface area (Å²) in [4.78, 5) is 78.2. The average molecular weight is 917 g/mol. The number of anilines is 4.